The normalized spacial score (nSPS) is 14.8. The van der Waals surface area contributed by atoms with Gasteiger partial charge < -0.3 is 14.8 Å². The van der Waals surface area contributed by atoms with Crippen LogP contribution in [0.25, 0.3) is 0 Å². The smallest absolute Gasteiger partial charge is 0.421 e. The Labute approximate surface area is 212 Å². The number of benzene rings is 1. The monoisotopic (exact) mass is 525 g/mol. The van der Waals surface area contributed by atoms with Crippen LogP contribution in [-0.2, 0) is 6.18 Å². The Morgan fingerprint density at radius 1 is 1.14 bits per heavy atom. The Hall–Kier alpha value is -3.74. The van der Waals surface area contributed by atoms with Crippen molar-refractivity contribution in [2.24, 2.45) is 0 Å². The second kappa shape index (κ2) is 10.9. The van der Waals surface area contributed by atoms with Gasteiger partial charge in [-0.3, -0.25) is 19.2 Å². The maximum absolute atomic E-state index is 13.4. The summed E-state index contributed by atoms with van der Waals surface area (Å²) < 4.78 is 51.1. The van der Waals surface area contributed by atoms with E-state index in [1.165, 1.54) is 22.9 Å². The molecular formula is C23H26F3N5O4S. The van der Waals surface area contributed by atoms with Crippen molar-refractivity contribution in [1.82, 2.24) is 14.8 Å². The molecule has 4 rings (SSSR count). The molecule has 36 heavy (non-hydrogen) atoms. The number of para-hydroxylation sites is 2. The molecule has 3 aromatic rings. The van der Waals surface area contributed by atoms with Gasteiger partial charge in [-0.2, -0.15) is 36.7 Å². The van der Waals surface area contributed by atoms with Crippen LogP contribution in [0.4, 0.5) is 24.7 Å². The van der Waals surface area contributed by atoms with Crippen molar-refractivity contribution < 1.29 is 32.2 Å². The van der Waals surface area contributed by atoms with E-state index in [1.807, 2.05) is 0 Å². The summed E-state index contributed by atoms with van der Waals surface area (Å²) in [5.74, 6) is -1.48. The molecule has 0 fully saturated rings. The predicted molar refractivity (Wildman–Crippen MR) is 132 cm³/mol. The number of nitrogens with zero attached hydrogens (tertiary/aromatic N) is 4. The number of fused-ring (bicyclic) bond motifs is 1. The number of rotatable bonds is 5. The number of hydrogen-bond donors (Lipinski definition) is 1. The summed E-state index contributed by atoms with van der Waals surface area (Å²) in [6.45, 7) is 1.85. The zero-order valence-electron chi connectivity index (χ0n) is 18.9. The number of hydrogen-bond acceptors (Lipinski definition) is 6. The minimum Gasteiger partial charge on any atom is -0.495 e. The van der Waals surface area contributed by atoms with E-state index in [4.69, 9.17) is 9.47 Å². The van der Waals surface area contributed by atoms with E-state index in [2.05, 4.69) is 15.4 Å². The van der Waals surface area contributed by atoms with Crippen LogP contribution in [-0.4, -0.2) is 47.3 Å². The van der Waals surface area contributed by atoms with Gasteiger partial charge in [-0.1, -0.05) is 19.6 Å². The third kappa shape index (κ3) is 5.10. The van der Waals surface area contributed by atoms with Crippen molar-refractivity contribution in [3.63, 3.8) is 0 Å². The number of carbonyl (C=O) groups is 2. The largest absolute Gasteiger partial charge is 0.495 e. The molecule has 1 atom stereocenters. The molecule has 2 aromatic heterocycles. The van der Waals surface area contributed by atoms with Crippen LogP contribution in [0.15, 0.2) is 42.6 Å². The zero-order valence-corrected chi connectivity index (χ0v) is 19.9. The van der Waals surface area contributed by atoms with E-state index in [0.717, 1.165) is 19.2 Å². The molecular weight excluding hydrogens is 499 g/mol. The van der Waals surface area contributed by atoms with E-state index in [9.17, 15) is 22.8 Å². The maximum atomic E-state index is 13.4. The van der Waals surface area contributed by atoms with E-state index < -0.39 is 29.4 Å². The topological polar surface area (TPSA) is 98.6 Å². The summed E-state index contributed by atoms with van der Waals surface area (Å²) in [5, 5.41) is 6.88. The zero-order chi connectivity index (χ0) is 24.6. The van der Waals surface area contributed by atoms with E-state index in [-0.39, 0.29) is 50.6 Å². The molecule has 13 heteroatoms. The standard InChI is InChI=1S/C22H20F3N5O4.CH4.H2S/c1-12-11-29(17-9-8-14(22(23,24)25)20(28-17)34-3)21(32)18-13(10-26-30(12)18)19(31)27-15-6-4-5-7-16(15)33-2;;/h4-10,12H,11H2,1-3H3,(H,27,31);1H4;1H2/t12-;;/m0../s1. The van der Waals surface area contributed by atoms with Gasteiger partial charge >= 0.3 is 6.18 Å². The molecule has 3 heterocycles. The SMILES string of the molecule is C.COc1ccccc1NC(=O)c1cnn2c1C(=O)N(c1ccc(C(F)(F)F)c(OC)n1)C[C@@H]2C.S. The molecule has 2 amide bonds. The molecule has 0 radical (unpaired) electrons. The van der Waals surface area contributed by atoms with Crippen molar-refractivity contribution in [2.45, 2.75) is 26.6 Å². The molecule has 0 saturated carbocycles. The number of methoxy groups -OCH3 is 2. The van der Waals surface area contributed by atoms with Gasteiger partial charge in [0.2, 0.25) is 5.88 Å². The highest BCUT2D eigenvalue weighted by Gasteiger charge is 2.38. The summed E-state index contributed by atoms with van der Waals surface area (Å²) in [4.78, 5) is 31.5. The number of ether oxygens (including phenoxy) is 2. The van der Waals surface area contributed by atoms with Crippen LogP contribution in [0.3, 0.4) is 0 Å². The average molecular weight is 526 g/mol. The first-order chi connectivity index (χ1) is 16.2. The highest BCUT2D eigenvalue weighted by molar-refractivity contribution is 7.59. The molecule has 9 nitrogen and oxygen atoms in total. The highest BCUT2D eigenvalue weighted by atomic mass is 32.1. The van der Waals surface area contributed by atoms with E-state index >= 15 is 0 Å². The fourth-order valence-corrected chi connectivity index (χ4v) is 3.72. The number of halogens is 3. The second-order valence-electron chi connectivity index (χ2n) is 7.49. The molecule has 1 aliphatic rings. The van der Waals surface area contributed by atoms with Crippen LogP contribution in [0.1, 0.15) is 46.8 Å². The highest BCUT2D eigenvalue weighted by Crippen LogP contribution is 2.37. The van der Waals surface area contributed by atoms with Gasteiger partial charge in [0.15, 0.2) is 0 Å². The molecule has 0 spiro atoms. The summed E-state index contributed by atoms with van der Waals surface area (Å²) in [6, 6.07) is 8.28. The predicted octanol–water partition coefficient (Wildman–Crippen LogP) is 4.54. The van der Waals surface area contributed by atoms with Gasteiger partial charge in [0.05, 0.1) is 37.7 Å². The Kier molecular flexibility index (Phi) is 8.62. The van der Waals surface area contributed by atoms with Crippen molar-refractivity contribution >= 4 is 36.8 Å². The number of aromatic nitrogens is 3. The van der Waals surface area contributed by atoms with Crippen molar-refractivity contribution in [1.29, 1.82) is 0 Å². The van der Waals surface area contributed by atoms with Gasteiger partial charge in [-0.15, -0.1) is 0 Å². The first-order valence-electron chi connectivity index (χ1n) is 10.1. The van der Waals surface area contributed by atoms with Gasteiger partial charge in [-0.25, -0.2) is 0 Å². The van der Waals surface area contributed by atoms with Crippen molar-refractivity contribution in [3.05, 3.63) is 59.4 Å². The second-order valence-corrected chi connectivity index (χ2v) is 7.49. The Morgan fingerprint density at radius 3 is 2.47 bits per heavy atom. The average Bonchev–Trinajstić information content (AvgIpc) is 3.27. The van der Waals surface area contributed by atoms with Gasteiger partial charge in [0, 0.05) is 6.54 Å². The minimum atomic E-state index is -4.67. The quantitative estimate of drug-likeness (QED) is 0.525. The molecule has 1 aromatic carbocycles. The van der Waals surface area contributed by atoms with Crippen LogP contribution < -0.4 is 19.7 Å². The molecule has 0 unspecified atom stereocenters. The lowest BCUT2D eigenvalue weighted by molar-refractivity contribution is -0.139. The number of pyridine rings is 1. The fourth-order valence-electron chi connectivity index (χ4n) is 3.72. The van der Waals surface area contributed by atoms with Crippen LogP contribution in [0, 0.1) is 0 Å². The minimum absolute atomic E-state index is 0. The first kappa shape index (κ1) is 28.5. The number of nitrogens with one attached hydrogen (secondary N) is 1. The first-order valence-corrected chi connectivity index (χ1v) is 10.1. The molecule has 1 aliphatic heterocycles. The summed E-state index contributed by atoms with van der Waals surface area (Å²) in [5.41, 5.74) is -0.659. The molecule has 0 saturated heterocycles. The molecule has 0 aliphatic carbocycles. The van der Waals surface area contributed by atoms with Crippen molar-refractivity contribution in [3.8, 4) is 11.6 Å². The third-order valence-corrected chi connectivity index (χ3v) is 5.33. The number of anilines is 2. The molecule has 1 N–H and O–H groups in total. The van der Waals surface area contributed by atoms with Crippen LogP contribution >= 0.6 is 13.5 Å². The molecule has 0 bridgehead atoms. The van der Waals surface area contributed by atoms with Gasteiger partial charge in [0.25, 0.3) is 11.8 Å². The Bertz CT molecular complexity index is 1260. The summed E-state index contributed by atoms with van der Waals surface area (Å²) >= 11 is 0. The van der Waals surface area contributed by atoms with Crippen LogP contribution in [0.2, 0.25) is 0 Å². The third-order valence-electron chi connectivity index (χ3n) is 5.33. The van der Waals surface area contributed by atoms with Gasteiger partial charge in [-0.05, 0) is 31.2 Å². The summed E-state index contributed by atoms with van der Waals surface area (Å²) in [6.07, 6.45) is -3.39. The lowest BCUT2D eigenvalue weighted by Crippen LogP contribution is -2.44. The fraction of sp³-hybridized carbons (Fsp3) is 0.304. The lowest BCUT2D eigenvalue weighted by Gasteiger charge is -2.31. The van der Waals surface area contributed by atoms with Gasteiger partial charge in [0.1, 0.15) is 22.8 Å². The lowest BCUT2D eigenvalue weighted by atomic mass is 10.1. The Morgan fingerprint density at radius 2 is 1.83 bits per heavy atom. The number of alkyl halides is 3. The number of carbonyl (C=O) groups excluding carboxylic acids is 2. The van der Waals surface area contributed by atoms with Crippen molar-refractivity contribution in [2.75, 3.05) is 31.0 Å². The van der Waals surface area contributed by atoms with E-state index in [0.29, 0.717) is 11.4 Å². The van der Waals surface area contributed by atoms with Crippen LogP contribution in [0.5, 0.6) is 11.6 Å². The van der Waals surface area contributed by atoms with E-state index in [1.54, 1.807) is 31.2 Å². The maximum Gasteiger partial charge on any atom is 0.421 e. The Balaban J connectivity index is 0.00000228. The molecule has 194 valence electrons. The summed E-state index contributed by atoms with van der Waals surface area (Å²) in [7, 11) is 2.53. The number of amides is 2.